The summed E-state index contributed by atoms with van der Waals surface area (Å²) in [5, 5.41) is 8.65. The van der Waals surface area contributed by atoms with Gasteiger partial charge in [0, 0.05) is 23.5 Å². The molecular formula is C12H8N2O3. The highest BCUT2D eigenvalue weighted by atomic mass is 16.4. The van der Waals surface area contributed by atoms with E-state index in [1.807, 2.05) is 0 Å². The van der Waals surface area contributed by atoms with Gasteiger partial charge in [0.1, 0.15) is 6.29 Å². The molecule has 0 atom stereocenters. The molecule has 84 valence electrons. The topological polar surface area (TPSA) is 80.2 Å². The molecule has 0 saturated carbocycles. The highest BCUT2D eigenvalue weighted by Gasteiger charge is 2.06. The van der Waals surface area contributed by atoms with Gasteiger partial charge < -0.3 is 5.11 Å². The van der Waals surface area contributed by atoms with Crippen LogP contribution >= 0.6 is 0 Å². The summed E-state index contributed by atoms with van der Waals surface area (Å²) in [4.78, 5) is 28.5. The molecule has 2 rings (SSSR count). The van der Waals surface area contributed by atoms with Crippen LogP contribution in [0.15, 0.2) is 36.7 Å². The van der Waals surface area contributed by atoms with Crippen molar-refractivity contribution in [2.45, 2.75) is 0 Å². The van der Waals surface area contributed by atoms with Crippen LogP contribution in [-0.4, -0.2) is 27.3 Å². The second-order valence-electron chi connectivity index (χ2n) is 3.34. The van der Waals surface area contributed by atoms with Crippen molar-refractivity contribution in [3.05, 3.63) is 48.0 Å². The highest BCUT2D eigenvalue weighted by Crippen LogP contribution is 2.17. The number of carboxylic acids is 1. The zero-order valence-electron chi connectivity index (χ0n) is 8.70. The Balaban J connectivity index is 2.32. The van der Waals surface area contributed by atoms with Gasteiger partial charge in [0.15, 0.2) is 0 Å². The third kappa shape index (κ3) is 2.34. The molecule has 1 aromatic carbocycles. The van der Waals surface area contributed by atoms with E-state index in [1.165, 1.54) is 12.4 Å². The van der Waals surface area contributed by atoms with Gasteiger partial charge in [0.05, 0.1) is 0 Å². The van der Waals surface area contributed by atoms with Gasteiger partial charge in [-0.05, 0) is 5.56 Å². The number of hydrogen-bond donors (Lipinski definition) is 1. The maximum Gasteiger partial charge on any atom is 0.373 e. The van der Waals surface area contributed by atoms with E-state index < -0.39 is 5.97 Å². The first-order chi connectivity index (χ1) is 8.20. The van der Waals surface area contributed by atoms with Crippen LogP contribution in [0, 0.1) is 0 Å². The molecule has 0 fully saturated rings. The van der Waals surface area contributed by atoms with E-state index in [4.69, 9.17) is 5.11 Å². The van der Waals surface area contributed by atoms with Crippen molar-refractivity contribution in [1.29, 1.82) is 0 Å². The Morgan fingerprint density at radius 1 is 1.06 bits per heavy atom. The number of rotatable bonds is 3. The zero-order chi connectivity index (χ0) is 12.3. The SMILES string of the molecule is O=Cc1ccc(-c2cnc(C(=O)O)nc2)cc1. The van der Waals surface area contributed by atoms with Gasteiger partial charge in [-0.15, -0.1) is 0 Å². The van der Waals surface area contributed by atoms with Crippen molar-refractivity contribution in [2.75, 3.05) is 0 Å². The summed E-state index contributed by atoms with van der Waals surface area (Å²) in [6, 6.07) is 6.85. The monoisotopic (exact) mass is 228 g/mol. The van der Waals surface area contributed by atoms with Gasteiger partial charge in [0.2, 0.25) is 5.82 Å². The molecule has 0 bridgehead atoms. The average Bonchev–Trinajstić information content (AvgIpc) is 2.39. The number of hydrogen-bond acceptors (Lipinski definition) is 4. The number of benzene rings is 1. The van der Waals surface area contributed by atoms with E-state index in [-0.39, 0.29) is 5.82 Å². The predicted molar refractivity (Wildman–Crippen MR) is 59.8 cm³/mol. The Bertz CT molecular complexity index is 547. The van der Waals surface area contributed by atoms with Crippen molar-refractivity contribution in [3.63, 3.8) is 0 Å². The summed E-state index contributed by atoms with van der Waals surface area (Å²) in [5.74, 6) is -1.40. The van der Waals surface area contributed by atoms with Crippen LogP contribution in [-0.2, 0) is 0 Å². The number of carboxylic acid groups (broad SMARTS) is 1. The Hall–Kier alpha value is -2.56. The number of carbonyl (C=O) groups excluding carboxylic acids is 1. The molecule has 1 N–H and O–H groups in total. The summed E-state index contributed by atoms with van der Waals surface area (Å²) in [7, 11) is 0. The summed E-state index contributed by atoms with van der Waals surface area (Å²) in [5.41, 5.74) is 2.11. The van der Waals surface area contributed by atoms with E-state index in [2.05, 4.69) is 9.97 Å². The maximum atomic E-state index is 10.6. The highest BCUT2D eigenvalue weighted by molar-refractivity contribution is 5.83. The largest absolute Gasteiger partial charge is 0.475 e. The van der Waals surface area contributed by atoms with Gasteiger partial charge in [-0.1, -0.05) is 24.3 Å². The maximum absolute atomic E-state index is 10.6. The van der Waals surface area contributed by atoms with Crippen LogP contribution < -0.4 is 0 Å². The van der Waals surface area contributed by atoms with Gasteiger partial charge >= 0.3 is 5.97 Å². The minimum absolute atomic E-state index is 0.238. The minimum Gasteiger partial charge on any atom is -0.475 e. The number of aldehydes is 1. The average molecular weight is 228 g/mol. The molecule has 0 aliphatic carbocycles. The molecule has 0 spiro atoms. The minimum atomic E-state index is -1.16. The first-order valence-corrected chi connectivity index (χ1v) is 4.81. The van der Waals surface area contributed by atoms with E-state index in [1.54, 1.807) is 24.3 Å². The Labute approximate surface area is 96.8 Å². The van der Waals surface area contributed by atoms with Crippen molar-refractivity contribution < 1.29 is 14.7 Å². The van der Waals surface area contributed by atoms with Gasteiger partial charge in [-0.3, -0.25) is 4.79 Å². The number of aromatic carboxylic acids is 1. The van der Waals surface area contributed by atoms with Crippen LogP contribution in [0.2, 0.25) is 0 Å². The van der Waals surface area contributed by atoms with E-state index in [0.29, 0.717) is 11.1 Å². The molecule has 1 aromatic heterocycles. The molecule has 1 heterocycles. The fraction of sp³-hybridized carbons (Fsp3) is 0. The van der Waals surface area contributed by atoms with E-state index in [9.17, 15) is 9.59 Å². The molecule has 0 amide bonds. The molecule has 0 aliphatic heterocycles. The van der Waals surface area contributed by atoms with Crippen LogP contribution in [0.5, 0.6) is 0 Å². The fourth-order valence-electron chi connectivity index (χ4n) is 1.34. The molecule has 5 heteroatoms. The van der Waals surface area contributed by atoms with Crippen molar-refractivity contribution in [3.8, 4) is 11.1 Å². The fourth-order valence-corrected chi connectivity index (χ4v) is 1.34. The quantitative estimate of drug-likeness (QED) is 0.808. The van der Waals surface area contributed by atoms with E-state index >= 15 is 0 Å². The molecule has 5 nitrogen and oxygen atoms in total. The van der Waals surface area contributed by atoms with Crippen LogP contribution in [0.3, 0.4) is 0 Å². The lowest BCUT2D eigenvalue weighted by Gasteiger charge is -2.01. The summed E-state index contributed by atoms with van der Waals surface area (Å²) < 4.78 is 0. The number of nitrogens with zero attached hydrogens (tertiary/aromatic N) is 2. The normalized spacial score (nSPS) is 9.88. The van der Waals surface area contributed by atoms with Crippen LogP contribution in [0.1, 0.15) is 21.0 Å². The van der Waals surface area contributed by atoms with Gasteiger partial charge in [-0.2, -0.15) is 0 Å². The second-order valence-corrected chi connectivity index (χ2v) is 3.34. The lowest BCUT2D eigenvalue weighted by Crippen LogP contribution is -2.03. The molecule has 0 aliphatic rings. The molecular weight excluding hydrogens is 220 g/mol. The Morgan fingerprint density at radius 3 is 2.12 bits per heavy atom. The molecule has 0 saturated heterocycles. The summed E-state index contributed by atoms with van der Waals surface area (Å²) in [6.07, 6.45) is 3.63. The van der Waals surface area contributed by atoms with Crippen molar-refractivity contribution >= 4 is 12.3 Å². The smallest absolute Gasteiger partial charge is 0.373 e. The van der Waals surface area contributed by atoms with Crippen LogP contribution in [0.4, 0.5) is 0 Å². The summed E-state index contributed by atoms with van der Waals surface area (Å²) >= 11 is 0. The summed E-state index contributed by atoms with van der Waals surface area (Å²) in [6.45, 7) is 0. The lowest BCUT2D eigenvalue weighted by molar-refractivity contribution is 0.0683. The molecule has 17 heavy (non-hydrogen) atoms. The van der Waals surface area contributed by atoms with E-state index in [0.717, 1.165) is 11.8 Å². The molecule has 0 unspecified atom stereocenters. The lowest BCUT2D eigenvalue weighted by atomic mass is 10.1. The number of aromatic nitrogens is 2. The Kier molecular flexibility index (Phi) is 2.91. The zero-order valence-corrected chi connectivity index (χ0v) is 8.70. The standard InChI is InChI=1S/C12H8N2O3/c15-7-8-1-3-9(4-2-8)10-5-13-11(12(16)17)14-6-10/h1-7H,(H,16,17). The van der Waals surface area contributed by atoms with Crippen LogP contribution in [0.25, 0.3) is 11.1 Å². The Morgan fingerprint density at radius 2 is 1.65 bits per heavy atom. The second kappa shape index (κ2) is 4.52. The van der Waals surface area contributed by atoms with Crippen molar-refractivity contribution in [2.24, 2.45) is 0 Å². The first kappa shape index (κ1) is 10.9. The third-order valence-corrected chi connectivity index (χ3v) is 2.22. The third-order valence-electron chi connectivity index (χ3n) is 2.22. The molecule has 2 aromatic rings. The van der Waals surface area contributed by atoms with Gasteiger partial charge in [0.25, 0.3) is 0 Å². The number of carbonyl (C=O) groups is 2. The van der Waals surface area contributed by atoms with Crippen molar-refractivity contribution in [1.82, 2.24) is 9.97 Å². The molecule has 0 radical (unpaired) electrons. The predicted octanol–water partition coefficient (Wildman–Crippen LogP) is 1.65. The van der Waals surface area contributed by atoms with Gasteiger partial charge in [-0.25, -0.2) is 14.8 Å². The first-order valence-electron chi connectivity index (χ1n) is 4.81.